The lowest BCUT2D eigenvalue weighted by Gasteiger charge is -2.35. The summed E-state index contributed by atoms with van der Waals surface area (Å²) in [6, 6.07) is 29.5. The molecule has 4 amide bonds. The molecule has 0 radical (unpaired) electrons. The number of pyridine rings is 1. The molecule has 14 nitrogen and oxygen atoms in total. The van der Waals surface area contributed by atoms with Gasteiger partial charge in [0.05, 0.1) is 72.5 Å². The van der Waals surface area contributed by atoms with Crippen LogP contribution in [-0.2, 0) is 25.6 Å². The fraction of sp³-hybridized carbons (Fsp3) is 0.400. The number of nitrogens with zero attached hydrogens (tertiary/aromatic N) is 3. The number of nitrogens with one attached hydrogen (secondary N) is 3. The van der Waals surface area contributed by atoms with Crippen molar-refractivity contribution in [2.75, 3.05) is 32.7 Å². The number of rotatable bonds is 21. The molecule has 8 rings (SSSR count). The summed E-state index contributed by atoms with van der Waals surface area (Å²) < 4.78 is 17.3. The molecule has 4 aromatic carbocycles. The number of thiazole rings is 1. The third-order valence-electron chi connectivity index (χ3n) is 14.1. The second-order valence-corrected chi connectivity index (χ2v) is 21.6. The molecule has 0 spiro atoms. The van der Waals surface area contributed by atoms with Crippen molar-refractivity contribution in [3.05, 3.63) is 119 Å². The number of ether oxygens (including phenoxy) is 3. The Morgan fingerprint density at radius 1 is 0.827 bits per heavy atom. The van der Waals surface area contributed by atoms with Crippen LogP contribution in [0.25, 0.3) is 44.1 Å². The third kappa shape index (κ3) is 13.2. The topological polar surface area (TPSA) is 181 Å². The van der Waals surface area contributed by atoms with Crippen LogP contribution >= 0.6 is 11.3 Å². The summed E-state index contributed by atoms with van der Waals surface area (Å²) in [6.07, 6.45) is 6.38. The number of aryl methyl sites for hydroxylation is 1. The maximum atomic E-state index is 14.2. The Bertz CT molecular complexity index is 2970. The van der Waals surface area contributed by atoms with Crippen molar-refractivity contribution < 1.29 is 38.5 Å². The summed E-state index contributed by atoms with van der Waals surface area (Å²) in [7, 11) is 3.21. The van der Waals surface area contributed by atoms with Gasteiger partial charge in [0.1, 0.15) is 17.8 Å². The number of fused-ring (bicyclic) bond motifs is 3. The number of anilines is 1. The second-order valence-electron chi connectivity index (χ2n) is 20.7. The van der Waals surface area contributed by atoms with Crippen molar-refractivity contribution in [1.82, 2.24) is 25.5 Å². The first kappa shape index (κ1) is 54.2. The number of methoxy groups -OCH3 is 2. The number of aliphatic hydroxyl groups excluding tert-OH is 1. The predicted molar refractivity (Wildman–Crippen MR) is 295 cm³/mol. The lowest BCUT2D eigenvalue weighted by Crippen LogP contribution is -2.57. The van der Waals surface area contributed by atoms with Crippen molar-refractivity contribution in [3.63, 3.8) is 0 Å². The fourth-order valence-corrected chi connectivity index (χ4v) is 10.8. The number of aromatic nitrogens is 2. The van der Waals surface area contributed by atoms with E-state index >= 15 is 0 Å². The maximum absolute atomic E-state index is 14.2. The number of aliphatic hydroxyl groups is 1. The van der Waals surface area contributed by atoms with E-state index in [1.54, 1.807) is 25.6 Å². The minimum atomic E-state index is -0.864. The molecular weight excluding hydrogens is 965 g/mol. The first-order valence-electron chi connectivity index (χ1n) is 26.1. The van der Waals surface area contributed by atoms with E-state index < -0.39 is 23.6 Å². The summed E-state index contributed by atoms with van der Waals surface area (Å²) in [5.41, 5.74) is 10.8. The smallest absolute Gasteiger partial charge is 0.246 e. The number of hydrogen-bond donors (Lipinski definition) is 4. The SMILES string of the molecule is COc1ccc(-c2cc(-c3ccc(OCCCCCCCCCC(=O)N[C@H](C(=O)N4C[C@H](O)C[C@H]4C(=O)N[C@@H](C)c4ccc(-c5scnc5C)cc4)C(C)(C)C)cc3)nc3c2CC(=O)Nc2ccccc2-3)cc1OC. The first-order valence-corrected chi connectivity index (χ1v) is 27.0. The van der Waals surface area contributed by atoms with E-state index in [2.05, 4.69) is 20.9 Å². The minimum Gasteiger partial charge on any atom is -0.494 e. The molecule has 4 heterocycles. The Morgan fingerprint density at radius 3 is 2.20 bits per heavy atom. The first-order chi connectivity index (χ1) is 36.1. The average Bonchev–Trinajstić information content (AvgIpc) is 3.99. The van der Waals surface area contributed by atoms with Crippen LogP contribution in [0.2, 0.25) is 0 Å². The van der Waals surface area contributed by atoms with Crippen molar-refractivity contribution in [2.24, 2.45) is 5.41 Å². The summed E-state index contributed by atoms with van der Waals surface area (Å²) in [6.45, 7) is 10.2. The molecule has 15 heteroatoms. The molecule has 4 N–H and O–H groups in total. The number of amides is 4. The highest BCUT2D eigenvalue weighted by Gasteiger charge is 2.44. The Balaban J connectivity index is 0.771. The Labute approximate surface area is 444 Å². The molecule has 0 saturated carbocycles. The molecule has 394 valence electrons. The highest BCUT2D eigenvalue weighted by atomic mass is 32.1. The zero-order chi connectivity index (χ0) is 53.2. The van der Waals surface area contributed by atoms with Gasteiger partial charge in [0.25, 0.3) is 0 Å². The molecular formula is C60H70N6O8S. The van der Waals surface area contributed by atoms with E-state index in [-0.39, 0.29) is 49.1 Å². The van der Waals surface area contributed by atoms with Gasteiger partial charge in [-0.15, -0.1) is 11.3 Å². The zero-order valence-corrected chi connectivity index (χ0v) is 45.0. The van der Waals surface area contributed by atoms with Gasteiger partial charge in [0.2, 0.25) is 23.6 Å². The number of β-amino-alcohol motifs (C(OH)–C–C–N with tert-alkyl or cyclic N) is 1. The highest BCUT2D eigenvalue weighted by Crippen LogP contribution is 2.42. The average molecular weight is 1040 g/mol. The van der Waals surface area contributed by atoms with Gasteiger partial charge in [-0.2, -0.15) is 0 Å². The van der Waals surface area contributed by atoms with E-state index in [9.17, 15) is 24.3 Å². The van der Waals surface area contributed by atoms with Crippen LogP contribution in [0.3, 0.4) is 0 Å². The van der Waals surface area contributed by atoms with Crippen LogP contribution in [0, 0.1) is 12.3 Å². The van der Waals surface area contributed by atoms with Crippen molar-refractivity contribution >= 4 is 40.7 Å². The Kier molecular flexibility index (Phi) is 17.7. The highest BCUT2D eigenvalue weighted by molar-refractivity contribution is 7.13. The van der Waals surface area contributed by atoms with E-state index in [1.807, 2.05) is 137 Å². The fourth-order valence-electron chi connectivity index (χ4n) is 9.97. The number of para-hydroxylation sites is 1. The maximum Gasteiger partial charge on any atom is 0.246 e. The molecule has 75 heavy (non-hydrogen) atoms. The summed E-state index contributed by atoms with van der Waals surface area (Å²) >= 11 is 1.58. The number of benzene rings is 4. The largest absolute Gasteiger partial charge is 0.494 e. The molecule has 2 aliphatic rings. The summed E-state index contributed by atoms with van der Waals surface area (Å²) in [4.78, 5) is 66.4. The minimum absolute atomic E-state index is 0.0236. The molecule has 2 aliphatic heterocycles. The van der Waals surface area contributed by atoms with Crippen molar-refractivity contribution in [2.45, 2.75) is 123 Å². The molecule has 0 aliphatic carbocycles. The van der Waals surface area contributed by atoms with Gasteiger partial charge in [0, 0.05) is 30.5 Å². The summed E-state index contributed by atoms with van der Waals surface area (Å²) in [5.74, 6) is 0.977. The normalized spacial score (nSPS) is 15.9. The van der Waals surface area contributed by atoms with E-state index in [0.717, 1.165) is 111 Å². The van der Waals surface area contributed by atoms with E-state index in [0.29, 0.717) is 30.9 Å². The number of unbranched alkanes of at least 4 members (excludes halogenated alkanes) is 6. The lowest BCUT2D eigenvalue weighted by molar-refractivity contribution is -0.144. The van der Waals surface area contributed by atoms with Gasteiger partial charge in [-0.25, -0.2) is 9.97 Å². The molecule has 4 atom stereocenters. The monoisotopic (exact) mass is 1030 g/mol. The molecule has 0 bridgehead atoms. The van der Waals surface area contributed by atoms with Crippen LogP contribution in [0.5, 0.6) is 17.2 Å². The Morgan fingerprint density at radius 2 is 1.51 bits per heavy atom. The molecule has 6 aromatic rings. The van der Waals surface area contributed by atoms with Crippen LogP contribution in [-0.4, -0.2) is 89.2 Å². The molecule has 1 fully saturated rings. The Hall–Kier alpha value is -7.10. The molecule has 0 unspecified atom stereocenters. The van der Waals surface area contributed by atoms with Gasteiger partial charge in [-0.05, 0) is 108 Å². The third-order valence-corrected chi connectivity index (χ3v) is 15.1. The van der Waals surface area contributed by atoms with Crippen molar-refractivity contribution in [3.8, 4) is 61.3 Å². The van der Waals surface area contributed by atoms with Gasteiger partial charge in [-0.3, -0.25) is 19.2 Å². The van der Waals surface area contributed by atoms with Crippen LogP contribution < -0.4 is 30.2 Å². The lowest BCUT2D eigenvalue weighted by atomic mass is 9.85. The standard InChI is InChI=1S/C60H70N6O8S/c1-37(39-20-22-41(23-21-39)56-38(2)61-36-75-56)62-58(70)50-32-43(67)35-66(50)59(71)57(60(3,4)5)65-53(68)19-13-11-9-8-10-12-16-30-74-44-27-24-40(25-28-44)49-33-46(42-26-29-51(72-6)52(31-42)73-7)47-34-54(69)63-48-18-15-14-17-45(48)55(47)64-49/h14-15,17-18,20-29,31,33,36-37,43,50,57,67H,8-13,16,19,30,32,34-35H2,1-7H3,(H,62,70)(H,63,69)(H,65,68)/t37-,43+,50-,57+/m0/s1. The quantitative estimate of drug-likeness (QED) is 0.0507. The van der Waals surface area contributed by atoms with E-state index in [4.69, 9.17) is 19.2 Å². The van der Waals surface area contributed by atoms with Gasteiger partial charge < -0.3 is 40.2 Å². The predicted octanol–water partition coefficient (Wildman–Crippen LogP) is 10.9. The van der Waals surface area contributed by atoms with Gasteiger partial charge >= 0.3 is 0 Å². The molecule has 2 aromatic heterocycles. The van der Waals surface area contributed by atoms with Crippen LogP contribution in [0.15, 0.2) is 103 Å². The number of likely N-dealkylation sites (tertiary alicyclic amines) is 1. The van der Waals surface area contributed by atoms with Gasteiger partial charge in [0.15, 0.2) is 11.5 Å². The number of carbonyl (C=O) groups is 4. The van der Waals surface area contributed by atoms with Gasteiger partial charge in [-0.1, -0.05) is 101 Å². The van der Waals surface area contributed by atoms with Crippen LogP contribution in [0.4, 0.5) is 5.69 Å². The van der Waals surface area contributed by atoms with Crippen molar-refractivity contribution in [1.29, 1.82) is 0 Å². The summed E-state index contributed by atoms with van der Waals surface area (Å²) in [5, 5.41) is 19.8. The second kappa shape index (κ2) is 24.5. The zero-order valence-electron chi connectivity index (χ0n) is 44.2. The molecule has 1 saturated heterocycles. The number of hydrogen-bond acceptors (Lipinski definition) is 11. The van der Waals surface area contributed by atoms with E-state index in [1.165, 1.54) is 4.90 Å². The number of carbonyl (C=O) groups excluding carboxylic acids is 4. The van der Waals surface area contributed by atoms with Crippen LogP contribution in [0.1, 0.15) is 108 Å².